The molecule has 30 heavy (non-hydrogen) atoms. The number of anilines is 1. The summed E-state index contributed by atoms with van der Waals surface area (Å²) in [5, 5.41) is 8.76. The highest BCUT2D eigenvalue weighted by atomic mass is 32.1. The van der Waals surface area contributed by atoms with Crippen LogP contribution in [0.25, 0.3) is 0 Å². The van der Waals surface area contributed by atoms with Crippen molar-refractivity contribution < 1.29 is 33.4 Å². The molecule has 10 nitrogen and oxygen atoms in total. The van der Waals surface area contributed by atoms with Crippen LogP contribution in [0.15, 0.2) is 29.6 Å². The summed E-state index contributed by atoms with van der Waals surface area (Å²) < 4.78 is 15.4. The number of thiophene rings is 1. The molecule has 1 aromatic carbocycles. The highest BCUT2D eigenvalue weighted by Crippen LogP contribution is 2.34. The number of hydrogen-bond acceptors (Lipinski definition) is 8. The van der Waals surface area contributed by atoms with E-state index < -0.39 is 30.4 Å². The Balaban J connectivity index is 2.21. The number of amides is 4. The molecular formula is C19H21N3O7S. The summed E-state index contributed by atoms with van der Waals surface area (Å²) in [4.78, 5) is 48.5. The minimum absolute atomic E-state index is 0.0524. The van der Waals surface area contributed by atoms with Crippen molar-refractivity contribution in [2.45, 2.75) is 6.92 Å². The van der Waals surface area contributed by atoms with Crippen LogP contribution in [0.4, 0.5) is 10.5 Å². The summed E-state index contributed by atoms with van der Waals surface area (Å²) in [5.74, 6) is -1.63. The van der Waals surface area contributed by atoms with Crippen molar-refractivity contribution in [3.05, 3.63) is 40.1 Å². The summed E-state index contributed by atoms with van der Waals surface area (Å²) in [5.41, 5.74) is 0.0588. The van der Waals surface area contributed by atoms with E-state index >= 15 is 0 Å². The van der Waals surface area contributed by atoms with Gasteiger partial charge in [-0.05, 0) is 18.4 Å². The van der Waals surface area contributed by atoms with Crippen molar-refractivity contribution in [3.8, 4) is 11.5 Å². The number of ether oxygens (including phenoxy) is 3. The third kappa shape index (κ3) is 5.95. The molecule has 2 aromatic rings. The van der Waals surface area contributed by atoms with Crippen molar-refractivity contribution >= 4 is 40.8 Å². The molecule has 0 radical (unpaired) electrons. The number of carbonyl (C=O) groups is 4. The molecular weight excluding hydrogens is 414 g/mol. The summed E-state index contributed by atoms with van der Waals surface area (Å²) >= 11 is 1.23. The lowest BCUT2D eigenvalue weighted by Gasteiger charge is -2.15. The average Bonchev–Trinajstić information content (AvgIpc) is 3.26. The third-order valence-corrected chi connectivity index (χ3v) is 4.53. The molecule has 160 valence electrons. The van der Waals surface area contributed by atoms with Crippen LogP contribution in [0, 0.1) is 0 Å². The number of urea groups is 1. The van der Waals surface area contributed by atoms with Gasteiger partial charge >= 0.3 is 12.0 Å². The zero-order chi connectivity index (χ0) is 22.1. The van der Waals surface area contributed by atoms with Gasteiger partial charge in [0, 0.05) is 18.7 Å². The van der Waals surface area contributed by atoms with Crippen molar-refractivity contribution in [2.24, 2.45) is 0 Å². The first kappa shape index (κ1) is 22.7. The Labute approximate surface area is 176 Å². The molecule has 0 unspecified atom stereocenters. The van der Waals surface area contributed by atoms with E-state index in [1.54, 1.807) is 24.4 Å². The smallest absolute Gasteiger partial charge is 0.340 e. The van der Waals surface area contributed by atoms with Gasteiger partial charge in [-0.15, -0.1) is 11.3 Å². The van der Waals surface area contributed by atoms with Crippen LogP contribution in [-0.4, -0.2) is 51.2 Å². The standard InChI is InChI=1S/C19H21N3O7S/c1-4-20-19(26)22-16(23)10-29-18(25)11-8-13(27-2)14(28-3)9-12(11)21-17(24)15-6-5-7-30-15/h5-9H,4,10H2,1-3H3,(H,21,24)(H2,20,22,23,26). The predicted octanol–water partition coefficient (Wildman–Crippen LogP) is 2.02. The first-order valence-corrected chi connectivity index (χ1v) is 9.63. The van der Waals surface area contributed by atoms with E-state index in [2.05, 4.69) is 10.6 Å². The van der Waals surface area contributed by atoms with Gasteiger partial charge in [-0.2, -0.15) is 0 Å². The third-order valence-electron chi connectivity index (χ3n) is 3.66. The second-order valence-electron chi connectivity index (χ2n) is 5.67. The first-order chi connectivity index (χ1) is 14.4. The molecule has 0 saturated carbocycles. The van der Waals surface area contributed by atoms with E-state index in [0.29, 0.717) is 11.4 Å². The number of methoxy groups -OCH3 is 2. The number of nitrogens with one attached hydrogen (secondary N) is 3. The first-order valence-electron chi connectivity index (χ1n) is 8.75. The van der Waals surface area contributed by atoms with Crippen molar-refractivity contribution in [1.29, 1.82) is 0 Å². The number of benzene rings is 1. The van der Waals surface area contributed by atoms with Gasteiger partial charge in [-0.1, -0.05) is 6.07 Å². The molecule has 11 heteroatoms. The fourth-order valence-electron chi connectivity index (χ4n) is 2.32. The van der Waals surface area contributed by atoms with E-state index in [0.717, 1.165) is 0 Å². The molecule has 0 spiro atoms. The molecule has 2 rings (SSSR count). The fourth-order valence-corrected chi connectivity index (χ4v) is 2.94. The fraction of sp³-hybridized carbons (Fsp3) is 0.263. The molecule has 0 saturated heterocycles. The molecule has 1 aromatic heterocycles. The van der Waals surface area contributed by atoms with Crippen LogP contribution in [-0.2, 0) is 9.53 Å². The van der Waals surface area contributed by atoms with Crippen molar-refractivity contribution in [2.75, 3.05) is 32.7 Å². The van der Waals surface area contributed by atoms with Gasteiger partial charge in [-0.25, -0.2) is 9.59 Å². The quantitative estimate of drug-likeness (QED) is 0.541. The van der Waals surface area contributed by atoms with Gasteiger partial charge in [-0.3, -0.25) is 14.9 Å². The second kappa shape index (κ2) is 10.8. The summed E-state index contributed by atoms with van der Waals surface area (Å²) in [6.45, 7) is 1.33. The Morgan fingerprint density at radius 2 is 1.77 bits per heavy atom. The van der Waals surface area contributed by atoms with Gasteiger partial charge in [0.05, 0.1) is 30.3 Å². The number of hydrogen-bond donors (Lipinski definition) is 3. The molecule has 1 heterocycles. The SMILES string of the molecule is CCNC(=O)NC(=O)COC(=O)c1cc(OC)c(OC)cc1NC(=O)c1cccs1. The van der Waals surface area contributed by atoms with Crippen LogP contribution in [0.5, 0.6) is 11.5 Å². The van der Waals surface area contributed by atoms with Gasteiger partial charge in [0.15, 0.2) is 18.1 Å². The molecule has 0 aliphatic carbocycles. The Morgan fingerprint density at radius 1 is 1.07 bits per heavy atom. The van der Waals surface area contributed by atoms with Crippen LogP contribution in [0.1, 0.15) is 27.0 Å². The maximum atomic E-state index is 12.6. The van der Waals surface area contributed by atoms with E-state index in [1.165, 1.54) is 37.7 Å². The molecule has 0 aliphatic heterocycles. The summed E-state index contributed by atoms with van der Waals surface area (Å²) in [6, 6.07) is 5.39. The molecule has 0 fully saturated rings. The topological polar surface area (TPSA) is 132 Å². The molecule has 0 aliphatic rings. The molecule has 0 bridgehead atoms. The maximum Gasteiger partial charge on any atom is 0.340 e. The molecule has 4 amide bonds. The minimum atomic E-state index is -0.900. The van der Waals surface area contributed by atoms with Crippen LogP contribution >= 0.6 is 11.3 Å². The second-order valence-corrected chi connectivity index (χ2v) is 6.62. The maximum absolute atomic E-state index is 12.6. The van der Waals surface area contributed by atoms with Gasteiger partial charge < -0.3 is 24.8 Å². The summed E-state index contributed by atoms with van der Waals surface area (Å²) in [6.07, 6.45) is 0. The van der Waals surface area contributed by atoms with Crippen molar-refractivity contribution in [3.63, 3.8) is 0 Å². The Hall–Kier alpha value is -3.60. The largest absolute Gasteiger partial charge is 0.493 e. The Morgan fingerprint density at radius 3 is 2.37 bits per heavy atom. The van der Waals surface area contributed by atoms with Crippen LogP contribution in [0.2, 0.25) is 0 Å². The number of carbonyl (C=O) groups excluding carboxylic acids is 4. The minimum Gasteiger partial charge on any atom is -0.493 e. The van der Waals surface area contributed by atoms with Gasteiger partial charge in [0.1, 0.15) is 0 Å². The van der Waals surface area contributed by atoms with E-state index in [4.69, 9.17) is 14.2 Å². The monoisotopic (exact) mass is 435 g/mol. The number of rotatable bonds is 8. The summed E-state index contributed by atoms with van der Waals surface area (Å²) in [7, 11) is 2.79. The zero-order valence-electron chi connectivity index (χ0n) is 16.6. The van der Waals surface area contributed by atoms with Crippen LogP contribution in [0.3, 0.4) is 0 Å². The van der Waals surface area contributed by atoms with Crippen molar-refractivity contribution in [1.82, 2.24) is 10.6 Å². The van der Waals surface area contributed by atoms with Crippen LogP contribution < -0.4 is 25.4 Å². The Bertz CT molecular complexity index is 928. The van der Waals surface area contributed by atoms with E-state index in [1.807, 2.05) is 5.32 Å². The van der Waals surface area contributed by atoms with Gasteiger partial charge in [0.2, 0.25) is 0 Å². The average molecular weight is 435 g/mol. The van der Waals surface area contributed by atoms with E-state index in [9.17, 15) is 19.2 Å². The predicted molar refractivity (Wildman–Crippen MR) is 109 cm³/mol. The molecule has 0 atom stereocenters. The number of imide groups is 1. The normalized spacial score (nSPS) is 9.97. The lowest BCUT2D eigenvalue weighted by atomic mass is 10.1. The Kier molecular flexibility index (Phi) is 8.18. The van der Waals surface area contributed by atoms with E-state index in [-0.39, 0.29) is 22.7 Å². The zero-order valence-corrected chi connectivity index (χ0v) is 17.4. The highest BCUT2D eigenvalue weighted by Gasteiger charge is 2.21. The van der Waals surface area contributed by atoms with Gasteiger partial charge in [0.25, 0.3) is 11.8 Å². The highest BCUT2D eigenvalue weighted by molar-refractivity contribution is 7.12. The molecule has 3 N–H and O–H groups in total. The lowest BCUT2D eigenvalue weighted by Crippen LogP contribution is -2.41. The lowest BCUT2D eigenvalue weighted by molar-refractivity contribution is -0.123. The number of esters is 1.